The van der Waals surface area contributed by atoms with Gasteiger partial charge in [-0.25, -0.2) is 4.98 Å². The van der Waals surface area contributed by atoms with Gasteiger partial charge in [0.2, 0.25) is 0 Å². The first kappa shape index (κ1) is 11.3. The van der Waals surface area contributed by atoms with Gasteiger partial charge in [-0.15, -0.1) is 0 Å². The van der Waals surface area contributed by atoms with Gasteiger partial charge in [-0.2, -0.15) is 0 Å². The van der Waals surface area contributed by atoms with Gasteiger partial charge in [-0.3, -0.25) is 0 Å². The van der Waals surface area contributed by atoms with Gasteiger partial charge in [0, 0.05) is 31.2 Å². The van der Waals surface area contributed by atoms with Crippen LogP contribution >= 0.6 is 0 Å². The number of rotatable bonds is 1. The molecule has 2 unspecified atom stereocenters. The van der Waals surface area contributed by atoms with Crippen molar-refractivity contribution in [3.8, 4) is 0 Å². The SMILES string of the molecule is CC1CC(C)CC(n2cnc3c2CCNC3)C1. The molecule has 0 radical (unpaired) electrons. The molecule has 2 aliphatic rings. The zero-order chi connectivity index (χ0) is 11.8. The van der Waals surface area contributed by atoms with Crippen molar-refractivity contribution in [2.24, 2.45) is 11.8 Å². The maximum atomic E-state index is 4.58. The Labute approximate surface area is 104 Å². The van der Waals surface area contributed by atoms with Crippen molar-refractivity contribution in [1.29, 1.82) is 0 Å². The highest BCUT2D eigenvalue weighted by Gasteiger charge is 2.27. The van der Waals surface area contributed by atoms with Crippen molar-refractivity contribution < 1.29 is 0 Å². The van der Waals surface area contributed by atoms with Crippen molar-refractivity contribution in [3.05, 3.63) is 17.7 Å². The lowest BCUT2D eigenvalue weighted by molar-refractivity contribution is 0.218. The molecule has 3 heteroatoms. The molecule has 1 N–H and O–H groups in total. The van der Waals surface area contributed by atoms with Gasteiger partial charge in [-0.05, 0) is 31.1 Å². The first-order chi connectivity index (χ1) is 8.24. The standard InChI is InChI=1S/C14H23N3/c1-10-5-11(2)7-12(6-10)17-9-16-13-8-15-4-3-14(13)17/h9-12,15H,3-8H2,1-2H3. The molecule has 2 heterocycles. The van der Waals surface area contributed by atoms with Crippen LogP contribution in [0.4, 0.5) is 0 Å². The number of imidazole rings is 1. The third-order valence-electron chi connectivity index (χ3n) is 4.36. The van der Waals surface area contributed by atoms with Crippen molar-refractivity contribution in [2.45, 2.75) is 52.1 Å². The van der Waals surface area contributed by atoms with Crippen LogP contribution in [0.25, 0.3) is 0 Å². The van der Waals surface area contributed by atoms with E-state index in [1.807, 2.05) is 0 Å². The van der Waals surface area contributed by atoms with E-state index in [1.165, 1.54) is 30.7 Å². The number of nitrogens with zero attached hydrogens (tertiary/aromatic N) is 2. The van der Waals surface area contributed by atoms with Crippen LogP contribution in [0.15, 0.2) is 6.33 Å². The summed E-state index contributed by atoms with van der Waals surface area (Å²) in [6.07, 6.45) is 7.30. The largest absolute Gasteiger partial charge is 0.331 e. The van der Waals surface area contributed by atoms with Crippen LogP contribution in [0.3, 0.4) is 0 Å². The van der Waals surface area contributed by atoms with Gasteiger partial charge < -0.3 is 9.88 Å². The fourth-order valence-corrected chi connectivity index (χ4v) is 3.71. The van der Waals surface area contributed by atoms with E-state index in [1.54, 1.807) is 0 Å². The fourth-order valence-electron chi connectivity index (χ4n) is 3.71. The van der Waals surface area contributed by atoms with Crippen LogP contribution in [0.2, 0.25) is 0 Å². The molecule has 0 aromatic carbocycles. The summed E-state index contributed by atoms with van der Waals surface area (Å²) in [6.45, 7) is 6.86. The molecule has 0 amide bonds. The molecule has 94 valence electrons. The molecule has 2 atom stereocenters. The summed E-state index contributed by atoms with van der Waals surface area (Å²) in [5.41, 5.74) is 2.78. The summed E-state index contributed by atoms with van der Waals surface area (Å²) in [5.74, 6) is 1.73. The molecular weight excluding hydrogens is 210 g/mol. The molecule has 1 aromatic heterocycles. The lowest BCUT2D eigenvalue weighted by Crippen LogP contribution is -2.28. The molecule has 1 aliphatic heterocycles. The zero-order valence-electron chi connectivity index (χ0n) is 10.9. The van der Waals surface area contributed by atoms with Crippen LogP contribution in [0.5, 0.6) is 0 Å². The van der Waals surface area contributed by atoms with Crippen LogP contribution in [-0.4, -0.2) is 16.1 Å². The van der Waals surface area contributed by atoms with Gasteiger partial charge in [-0.1, -0.05) is 13.8 Å². The predicted molar refractivity (Wildman–Crippen MR) is 68.9 cm³/mol. The average Bonchev–Trinajstić information content (AvgIpc) is 2.71. The molecular formula is C14H23N3. The molecule has 3 nitrogen and oxygen atoms in total. The molecule has 1 aliphatic carbocycles. The van der Waals surface area contributed by atoms with E-state index in [0.717, 1.165) is 31.3 Å². The Hall–Kier alpha value is -0.830. The van der Waals surface area contributed by atoms with E-state index in [4.69, 9.17) is 0 Å². The van der Waals surface area contributed by atoms with Crippen LogP contribution in [0.1, 0.15) is 50.5 Å². The Morgan fingerprint density at radius 3 is 2.76 bits per heavy atom. The van der Waals surface area contributed by atoms with Gasteiger partial charge in [0.1, 0.15) is 0 Å². The van der Waals surface area contributed by atoms with Crippen molar-refractivity contribution in [3.63, 3.8) is 0 Å². The maximum Gasteiger partial charge on any atom is 0.0954 e. The van der Waals surface area contributed by atoms with E-state index in [-0.39, 0.29) is 0 Å². The topological polar surface area (TPSA) is 29.9 Å². The van der Waals surface area contributed by atoms with Crippen LogP contribution < -0.4 is 5.32 Å². The van der Waals surface area contributed by atoms with Crippen molar-refractivity contribution in [2.75, 3.05) is 6.54 Å². The van der Waals surface area contributed by atoms with Crippen molar-refractivity contribution >= 4 is 0 Å². The Morgan fingerprint density at radius 2 is 2.00 bits per heavy atom. The van der Waals surface area contributed by atoms with E-state index in [9.17, 15) is 0 Å². The van der Waals surface area contributed by atoms with Gasteiger partial charge >= 0.3 is 0 Å². The van der Waals surface area contributed by atoms with E-state index in [2.05, 4.69) is 35.0 Å². The summed E-state index contributed by atoms with van der Waals surface area (Å²) in [6, 6.07) is 0.697. The molecule has 1 aromatic rings. The normalized spacial score (nSPS) is 33.4. The second kappa shape index (κ2) is 4.45. The van der Waals surface area contributed by atoms with E-state index in [0.29, 0.717) is 6.04 Å². The summed E-state index contributed by atoms with van der Waals surface area (Å²) >= 11 is 0. The van der Waals surface area contributed by atoms with Gasteiger partial charge in [0.25, 0.3) is 0 Å². The summed E-state index contributed by atoms with van der Waals surface area (Å²) in [4.78, 5) is 4.58. The van der Waals surface area contributed by atoms with Crippen LogP contribution in [-0.2, 0) is 13.0 Å². The minimum Gasteiger partial charge on any atom is -0.331 e. The first-order valence-corrected chi connectivity index (χ1v) is 6.99. The highest BCUT2D eigenvalue weighted by Crippen LogP contribution is 2.37. The lowest BCUT2D eigenvalue weighted by Gasteiger charge is -2.33. The molecule has 0 saturated heterocycles. The molecule has 17 heavy (non-hydrogen) atoms. The Bertz CT molecular complexity index is 386. The highest BCUT2D eigenvalue weighted by atomic mass is 15.1. The third kappa shape index (κ3) is 2.13. The van der Waals surface area contributed by atoms with Crippen LogP contribution in [0, 0.1) is 11.8 Å². The molecule has 1 fully saturated rings. The number of fused-ring (bicyclic) bond motifs is 1. The third-order valence-corrected chi connectivity index (χ3v) is 4.36. The summed E-state index contributed by atoms with van der Waals surface area (Å²) < 4.78 is 2.49. The molecule has 0 spiro atoms. The second-order valence-corrected chi connectivity index (χ2v) is 6.04. The monoisotopic (exact) mass is 233 g/mol. The fraction of sp³-hybridized carbons (Fsp3) is 0.786. The zero-order valence-corrected chi connectivity index (χ0v) is 10.9. The smallest absolute Gasteiger partial charge is 0.0954 e. The minimum atomic E-state index is 0.697. The number of hydrogen-bond donors (Lipinski definition) is 1. The van der Waals surface area contributed by atoms with Crippen molar-refractivity contribution in [1.82, 2.24) is 14.9 Å². The average molecular weight is 233 g/mol. The Kier molecular flexibility index (Phi) is 2.95. The molecule has 3 rings (SSSR count). The summed E-state index contributed by atoms with van der Waals surface area (Å²) in [7, 11) is 0. The minimum absolute atomic E-state index is 0.697. The maximum absolute atomic E-state index is 4.58. The number of nitrogens with one attached hydrogen (secondary N) is 1. The van der Waals surface area contributed by atoms with Gasteiger partial charge in [0.15, 0.2) is 0 Å². The second-order valence-electron chi connectivity index (χ2n) is 6.04. The van der Waals surface area contributed by atoms with E-state index < -0.39 is 0 Å². The number of aromatic nitrogens is 2. The highest BCUT2D eigenvalue weighted by molar-refractivity contribution is 5.17. The quantitative estimate of drug-likeness (QED) is 0.808. The Morgan fingerprint density at radius 1 is 1.24 bits per heavy atom. The predicted octanol–water partition coefficient (Wildman–Crippen LogP) is 2.53. The lowest BCUT2D eigenvalue weighted by atomic mass is 9.80. The van der Waals surface area contributed by atoms with E-state index >= 15 is 0 Å². The number of hydrogen-bond acceptors (Lipinski definition) is 2. The summed E-state index contributed by atoms with van der Waals surface area (Å²) in [5, 5.41) is 3.40. The van der Waals surface area contributed by atoms with Gasteiger partial charge in [0.05, 0.1) is 12.0 Å². The Balaban J connectivity index is 1.85. The molecule has 1 saturated carbocycles. The first-order valence-electron chi connectivity index (χ1n) is 6.99. The molecule has 0 bridgehead atoms.